The number of anilines is 2. The van der Waals surface area contributed by atoms with Crippen LogP contribution in [-0.4, -0.2) is 21.9 Å². The lowest BCUT2D eigenvalue weighted by Crippen LogP contribution is -1.97. The molecule has 0 aliphatic rings. The van der Waals surface area contributed by atoms with Gasteiger partial charge in [-0.05, 0) is 29.7 Å². The van der Waals surface area contributed by atoms with Crippen molar-refractivity contribution in [2.24, 2.45) is 7.05 Å². The smallest absolute Gasteiger partial charge is 0.142 e. The summed E-state index contributed by atoms with van der Waals surface area (Å²) in [6.07, 6.45) is 3.82. The van der Waals surface area contributed by atoms with Crippen LogP contribution in [0.1, 0.15) is 0 Å². The molecule has 0 aliphatic carbocycles. The minimum absolute atomic E-state index is 0.764. The summed E-state index contributed by atoms with van der Waals surface area (Å²) in [5.41, 5.74) is 2.92. The standard InChI is InChI=1S/C20H18N4O/c1-24-11-10-17(23-24)15-7-5-6-14-13-21-20(12-16(14)15)22-18-8-3-4-9-19(18)25-2/h3-13H,1-2H3,(H,21,22). The van der Waals surface area contributed by atoms with E-state index in [9.17, 15) is 0 Å². The average Bonchev–Trinajstić information content (AvgIpc) is 3.08. The van der Waals surface area contributed by atoms with Gasteiger partial charge < -0.3 is 10.1 Å². The Labute approximate surface area is 145 Å². The molecule has 0 spiro atoms. The third-order valence-corrected chi connectivity index (χ3v) is 4.12. The van der Waals surface area contributed by atoms with E-state index in [0.717, 1.165) is 39.3 Å². The van der Waals surface area contributed by atoms with E-state index in [-0.39, 0.29) is 0 Å². The molecule has 0 saturated heterocycles. The van der Waals surface area contributed by atoms with E-state index in [4.69, 9.17) is 4.74 Å². The van der Waals surface area contributed by atoms with E-state index in [1.54, 1.807) is 7.11 Å². The summed E-state index contributed by atoms with van der Waals surface area (Å²) in [7, 11) is 3.58. The number of nitrogens with one attached hydrogen (secondary N) is 1. The van der Waals surface area contributed by atoms with Crippen LogP contribution in [0.3, 0.4) is 0 Å². The summed E-state index contributed by atoms with van der Waals surface area (Å²) in [5, 5.41) is 10.0. The van der Waals surface area contributed by atoms with Gasteiger partial charge in [0, 0.05) is 30.4 Å². The Kier molecular flexibility index (Phi) is 3.82. The van der Waals surface area contributed by atoms with Gasteiger partial charge in [-0.2, -0.15) is 5.10 Å². The maximum absolute atomic E-state index is 5.40. The molecule has 124 valence electrons. The van der Waals surface area contributed by atoms with E-state index in [1.165, 1.54) is 0 Å². The van der Waals surface area contributed by atoms with Gasteiger partial charge in [-0.25, -0.2) is 4.98 Å². The van der Waals surface area contributed by atoms with Crippen molar-refractivity contribution in [2.45, 2.75) is 0 Å². The highest BCUT2D eigenvalue weighted by Gasteiger charge is 2.09. The molecule has 2 aromatic carbocycles. The van der Waals surface area contributed by atoms with Crippen LogP contribution in [0.4, 0.5) is 11.5 Å². The largest absolute Gasteiger partial charge is 0.495 e. The molecular formula is C20H18N4O. The van der Waals surface area contributed by atoms with Crippen LogP contribution in [-0.2, 0) is 7.05 Å². The Balaban J connectivity index is 1.79. The number of ether oxygens (including phenoxy) is 1. The Hall–Kier alpha value is -3.34. The molecule has 0 amide bonds. The number of pyridine rings is 1. The SMILES string of the molecule is COc1ccccc1Nc1cc2c(-c3ccn(C)n3)cccc2cn1. The lowest BCUT2D eigenvalue weighted by Gasteiger charge is -2.11. The lowest BCUT2D eigenvalue weighted by atomic mass is 10.0. The molecule has 4 aromatic rings. The van der Waals surface area contributed by atoms with Gasteiger partial charge in [0.1, 0.15) is 11.6 Å². The van der Waals surface area contributed by atoms with E-state index < -0.39 is 0 Å². The van der Waals surface area contributed by atoms with Crippen molar-refractivity contribution in [1.82, 2.24) is 14.8 Å². The summed E-state index contributed by atoms with van der Waals surface area (Å²) in [6.45, 7) is 0. The highest BCUT2D eigenvalue weighted by atomic mass is 16.5. The number of aryl methyl sites for hydroxylation is 1. The number of aromatic nitrogens is 3. The van der Waals surface area contributed by atoms with Gasteiger partial charge in [0.25, 0.3) is 0 Å². The molecule has 0 unspecified atom stereocenters. The number of benzene rings is 2. The number of fused-ring (bicyclic) bond motifs is 1. The molecule has 0 atom stereocenters. The second-order valence-corrected chi connectivity index (χ2v) is 5.80. The molecule has 0 saturated carbocycles. The Morgan fingerprint density at radius 1 is 1.04 bits per heavy atom. The molecule has 2 aromatic heterocycles. The number of nitrogens with zero attached hydrogens (tertiary/aromatic N) is 3. The molecule has 0 bridgehead atoms. The molecule has 5 nitrogen and oxygen atoms in total. The second kappa shape index (κ2) is 6.28. The molecule has 2 heterocycles. The molecule has 4 rings (SSSR count). The first-order valence-electron chi connectivity index (χ1n) is 8.03. The van der Waals surface area contributed by atoms with Crippen LogP contribution >= 0.6 is 0 Å². The lowest BCUT2D eigenvalue weighted by molar-refractivity contribution is 0.417. The molecule has 0 radical (unpaired) electrons. The molecule has 25 heavy (non-hydrogen) atoms. The van der Waals surface area contributed by atoms with Gasteiger partial charge in [0.2, 0.25) is 0 Å². The fraction of sp³-hybridized carbons (Fsp3) is 0.100. The zero-order valence-electron chi connectivity index (χ0n) is 14.1. The number of hydrogen-bond donors (Lipinski definition) is 1. The monoisotopic (exact) mass is 330 g/mol. The summed E-state index contributed by atoms with van der Waals surface area (Å²) >= 11 is 0. The summed E-state index contributed by atoms with van der Waals surface area (Å²) in [4.78, 5) is 4.53. The first kappa shape index (κ1) is 15.2. The molecule has 5 heteroatoms. The van der Waals surface area contributed by atoms with Crippen molar-refractivity contribution in [3.8, 4) is 17.0 Å². The van der Waals surface area contributed by atoms with Gasteiger partial charge in [-0.3, -0.25) is 4.68 Å². The van der Waals surface area contributed by atoms with Gasteiger partial charge in [-0.1, -0.05) is 30.3 Å². The number of methoxy groups -OCH3 is 1. The van der Waals surface area contributed by atoms with Crippen molar-refractivity contribution < 1.29 is 4.74 Å². The normalized spacial score (nSPS) is 10.8. The Morgan fingerprint density at radius 3 is 2.72 bits per heavy atom. The summed E-state index contributed by atoms with van der Waals surface area (Å²) < 4.78 is 7.21. The van der Waals surface area contributed by atoms with Crippen molar-refractivity contribution in [2.75, 3.05) is 12.4 Å². The number of hydrogen-bond acceptors (Lipinski definition) is 4. The molecule has 1 N–H and O–H groups in total. The van der Waals surface area contributed by atoms with Crippen molar-refractivity contribution in [3.63, 3.8) is 0 Å². The second-order valence-electron chi connectivity index (χ2n) is 5.80. The third-order valence-electron chi connectivity index (χ3n) is 4.12. The van der Waals surface area contributed by atoms with E-state index >= 15 is 0 Å². The summed E-state index contributed by atoms with van der Waals surface area (Å²) in [6, 6.07) is 18.0. The first-order valence-corrected chi connectivity index (χ1v) is 8.03. The Morgan fingerprint density at radius 2 is 1.92 bits per heavy atom. The minimum atomic E-state index is 0.764. The maximum Gasteiger partial charge on any atom is 0.142 e. The van der Waals surface area contributed by atoms with Crippen molar-refractivity contribution in [1.29, 1.82) is 0 Å². The van der Waals surface area contributed by atoms with Crippen LogP contribution in [0.25, 0.3) is 22.0 Å². The number of para-hydroxylation sites is 2. The fourth-order valence-electron chi connectivity index (χ4n) is 2.91. The number of rotatable bonds is 4. The quantitative estimate of drug-likeness (QED) is 0.603. The van der Waals surface area contributed by atoms with E-state index in [0.29, 0.717) is 0 Å². The van der Waals surface area contributed by atoms with Crippen LogP contribution < -0.4 is 10.1 Å². The minimum Gasteiger partial charge on any atom is -0.495 e. The van der Waals surface area contributed by atoms with Gasteiger partial charge in [0.05, 0.1) is 18.5 Å². The van der Waals surface area contributed by atoms with Crippen molar-refractivity contribution in [3.05, 3.63) is 67.0 Å². The maximum atomic E-state index is 5.40. The molecular weight excluding hydrogens is 312 g/mol. The highest BCUT2D eigenvalue weighted by Crippen LogP contribution is 2.31. The first-order chi connectivity index (χ1) is 12.2. The van der Waals surface area contributed by atoms with Gasteiger partial charge in [0.15, 0.2) is 0 Å². The molecule has 0 fully saturated rings. The predicted octanol–water partition coefficient (Wildman–Crippen LogP) is 4.39. The van der Waals surface area contributed by atoms with E-state index in [2.05, 4.69) is 27.5 Å². The van der Waals surface area contributed by atoms with Crippen LogP contribution in [0.5, 0.6) is 5.75 Å². The van der Waals surface area contributed by atoms with Crippen LogP contribution in [0.15, 0.2) is 67.0 Å². The zero-order chi connectivity index (χ0) is 17.2. The molecule has 0 aliphatic heterocycles. The van der Waals surface area contributed by atoms with Gasteiger partial charge >= 0.3 is 0 Å². The van der Waals surface area contributed by atoms with E-state index in [1.807, 2.05) is 66.6 Å². The average molecular weight is 330 g/mol. The zero-order valence-corrected chi connectivity index (χ0v) is 14.1. The third kappa shape index (κ3) is 2.92. The topological polar surface area (TPSA) is 52.0 Å². The van der Waals surface area contributed by atoms with Crippen molar-refractivity contribution >= 4 is 22.3 Å². The van der Waals surface area contributed by atoms with Crippen LogP contribution in [0.2, 0.25) is 0 Å². The Bertz CT molecular complexity index is 1040. The van der Waals surface area contributed by atoms with Gasteiger partial charge in [-0.15, -0.1) is 0 Å². The summed E-state index contributed by atoms with van der Waals surface area (Å²) in [5.74, 6) is 1.54. The van der Waals surface area contributed by atoms with Crippen LogP contribution in [0, 0.1) is 0 Å². The highest BCUT2D eigenvalue weighted by molar-refractivity contribution is 5.97. The predicted molar refractivity (Wildman–Crippen MR) is 100 cm³/mol. The fourth-order valence-corrected chi connectivity index (χ4v) is 2.91.